The van der Waals surface area contributed by atoms with Crippen LogP contribution in [0.25, 0.3) is 0 Å². The summed E-state index contributed by atoms with van der Waals surface area (Å²) in [6.07, 6.45) is 2.49. The number of amides is 3. The van der Waals surface area contributed by atoms with Crippen molar-refractivity contribution in [3.8, 4) is 5.75 Å². The van der Waals surface area contributed by atoms with E-state index in [-0.39, 0.29) is 40.6 Å². The van der Waals surface area contributed by atoms with Crippen LogP contribution in [0.4, 0.5) is 0 Å². The van der Waals surface area contributed by atoms with Gasteiger partial charge in [-0.05, 0) is 42.0 Å². The first-order valence-electron chi connectivity index (χ1n) is 9.94. The van der Waals surface area contributed by atoms with Crippen LogP contribution in [0.15, 0.2) is 65.5 Å². The van der Waals surface area contributed by atoms with Gasteiger partial charge in [-0.3, -0.25) is 14.4 Å². The molecule has 34 heavy (non-hydrogen) atoms. The van der Waals surface area contributed by atoms with Crippen molar-refractivity contribution < 1.29 is 33.8 Å². The van der Waals surface area contributed by atoms with Crippen molar-refractivity contribution in [2.24, 2.45) is 0 Å². The van der Waals surface area contributed by atoms with Crippen molar-refractivity contribution >= 4 is 35.3 Å². The van der Waals surface area contributed by atoms with Crippen LogP contribution in [-0.2, 0) is 11.3 Å². The van der Waals surface area contributed by atoms with E-state index in [1.54, 1.807) is 12.1 Å². The molecule has 1 aromatic heterocycles. The summed E-state index contributed by atoms with van der Waals surface area (Å²) in [6.45, 7) is -0.212. The summed E-state index contributed by atoms with van der Waals surface area (Å²) in [5.41, 5.74) is 1.04. The number of aliphatic carboxylic acids is 1. The molecular weight excluding hydrogens is 466 g/mol. The number of furan rings is 1. The summed E-state index contributed by atoms with van der Waals surface area (Å²) in [7, 11) is 0. The zero-order valence-electron chi connectivity index (χ0n) is 17.6. The molecule has 3 amide bonds. The predicted molar refractivity (Wildman–Crippen MR) is 121 cm³/mol. The molecule has 0 aliphatic heterocycles. The van der Waals surface area contributed by atoms with Gasteiger partial charge in [-0.25, -0.2) is 4.79 Å². The molecule has 0 radical (unpaired) electrons. The molecule has 10 nitrogen and oxygen atoms in total. The lowest BCUT2D eigenvalue weighted by atomic mass is 10.1. The average Bonchev–Trinajstić information content (AvgIpc) is 3.34. The molecule has 3 aromatic rings. The fourth-order valence-corrected chi connectivity index (χ4v) is 3.18. The number of carboxylic acids is 1. The fraction of sp³-hybridized carbons (Fsp3) is 0.130. The zero-order chi connectivity index (χ0) is 24.7. The average molecular weight is 486 g/mol. The Bertz CT molecular complexity index is 1210. The van der Waals surface area contributed by atoms with E-state index in [1.165, 1.54) is 48.9 Å². The van der Waals surface area contributed by atoms with Gasteiger partial charge >= 0.3 is 5.97 Å². The van der Waals surface area contributed by atoms with Crippen LogP contribution in [0.1, 0.15) is 36.6 Å². The molecule has 0 bridgehead atoms. The Morgan fingerprint density at radius 2 is 1.71 bits per heavy atom. The van der Waals surface area contributed by atoms with Gasteiger partial charge in [0.05, 0.1) is 22.4 Å². The van der Waals surface area contributed by atoms with Crippen LogP contribution in [0.5, 0.6) is 5.75 Å². The van der Waals surface area contributed by atoms with Crippen LogP contribution >= 0.6 is 11.6 Å². The van der Waals surface area contributed by atoms with Crippen molar-refractivity contribution in [2.75, 3.05) is 6.54 Å². The standard InChI is InChI=1S/C23H20ClN3O7/c24-18-9-14(20(29)25-10-13-2-1-3-16(28)8-13)4-5-17(18)22(31)27-19(23(32)33)11-26-21(30)15-6-7-34-12-15/h1-9,12,19,28H,10-11H2,(H,25,29)(H,26,30)(H,27,31)(H,32,33)/t19-/m0/s1. The maximum Gasteiger partial charge on any atom is 0.328 e. The molecule has 1 atom stereocenters. The van der Waals surface area contributed by atoms with E-state index in [1.807, 2.05) is 0 Å². The second-order valence-electron chi connectivity index (χ2n) is 7.13. The zero-order valence-corrected chi connectivity index (χ0v) is 18.3. The van der Waals surface area contributed by atoms with Gasteiger partial charge in [-0.15, -0.1) is 0 Å². The number of aromatic hydroxyl groups is 1. The lowest BCUT2D eigenvalue weighted by Gasteiger charge is -2.16. The highest BCUT2D eigenvalue weighted by atomic mass is 35.5. The number of nitrogens with one attached hydrogen (secondary N) is 3. The monoisotopic (exact) mass is 485 g/mol. The summed E-state index contributed by atoms with van der Waals surface area (Å²) in [5.74, 6) is -3.09. The first kappa shape index (κ1) is 24.3. The Kier molecular flexibility index (Phi) is 7.88. The minimum Gasteiger partial charge on any atom is -0.508 e. The minimum absolute atomic E-state index is 0.0430. The first-order chi connectivity index (χ1) is 16.2. The number of rotatable bonds is 9. The second kappa shape index (κ2) is 11.0. The fourth-order valence-electron chi connectivity index (χ4n) is 2.92. The van der Waals surface area contributed by atoms with Crippen molar-refractivity contribution in [1.29, 1.82) is 0 Å². The number of phenols is 1. The number of carboxylic acid groups (broad SMARTS) is 1. The first-order valence-corrected chi connectivity index (χ1v) is 10.3. The Balaban J connectivity index is 1.60. The van der Waals surface area contributed by atoms with Crippen LogP contribution in [0, 0.1) is 0 Å². The SMILES string of the molecule is O=C(NCc1cccc(O)c1)c1ccc(C(=O)N[C@@H](CNC(=O)c2ccoc2)C(=O)O)c(Cl)c1. The summed E-state index contributed by atoms with van der Waals surface area (Å²) in [5, 5.41) is 26.2. The number of phenolic OH excluding ortho intramolecular Hbond substituents is 1. The van der Waals surface area contributed by atoms with Crippen LogP contribution in [0.2, 0.25) is 5.02 Å². The predicted octanol–water partition coefficient (Wildman–Crippen LogP) is 2.18. The molecule has 0 saturated heterocycles. The van der Waals surface area contributed by atoms with E-state index >= 15 is 0 Å². The smallest absolute Gasteiger partial charge is 0.328 e. The highest BCUT2D eigenvalue weighted by Crippen LogP contribution is 2.19. The van der Waals surface area contributed by atoms with E-state index in [2.05, 4.69) is 16.0 Å². The van der Waals surface area contributed by atoms with Gasteiger partial charge in [0.25, 0.3) is 17.7 Å². The largest absolute Gasteiger partial charge is 0.508 e. The van der Waals surface area contributed by atoms with E-state index in [0.717, 1.165) is 0 Å². The molecule has 0 saturated carbocycles. The highest BCUT2D eigenvalue weighted by Gasteiger charge is 2.23. The maximum atomic E-state index is 12.6. The van der Waals surface area contributed by atoms with E-state index < -0.39 is 29.7 Å². The molecule has 0 fully saturated rings. The molecule has 3 rings (SSSR count). The molecule has 0 aliphatic rings. The topological polar surface area (TPSA) is 158 Å². The lowest BCUT2D eigenvalue weighted by molar-refractivity contribution is -0.139. The van der Waals surface area contributed by atoms with Crippen molar-refractivity contribution in [1.82, 2.24) is 16.0 Å². The third kappa shape index (κ3) is 6.36. The summed E-state index contributed by atoms with van der Waals surface area (Å²) in [4.78, 5) is 48.4. The molecule has 176 valence electrons. The Morgan fingerprint density at radius 3 is 2.35 bits per heavy atom. The molecular formula is C23H20ClN3O7. The van der Waals surface area contributed by atoms with Gasteiger partial charge in [0.2, 0.25) is 0 Å². The third-order valence-corrected chi connectivity index (χ3v) is 5.01. The van der Waals surface area contributed by atoms with Crippen LogP contribution < -0.4 is 16.0 Å². The number of hydrogen-bond acceptors (Lipinski definition) is 6. The van der Waals surface area contributed by atoms with Crippen molar-refractivity contribution in [3.63, 3.8) is 0 Å². The Morgan fingerprint density at radius 1 is 0.941 bits per heavy atom. The van der Waals surface area contributed by atoms with E-state index in [0.29, 0.717) is 5.56 Å². The summed E-state index contributed by atoms with van der Waals surface area (Å²) >= 11 is 6.16. The van der Waals surface area contributed by atoms with Gasteiger partial charge in [-0.1, -0.05) is 23.7 Å². The molecule has 1 heterocycles. The molecule has 0 aliphatic carbocycles. The van der Waals surface area contributed by atoms with Crippen LogP contribution in [-0.4, -0.2) is 46.5 Å². The van der Waals surface area contributed by atoms with Gasteiger partial charge < -0.3 is 30.6 Å². The van der Waals surface area contributed by atoms with Crippen LogP contribution in [0.3, 0.4) is 0 Å². The molecule has 0 spiro atoms. The molecule has 0 unspecified atom stereocenters. The quantitative estimate of drug-likeness (QED) is 0.310. The summed E-state index contributed by atoms with van der Waals surface area (Å²) < 4.78 is 4.79. The lowest BCUT2D eigenvalue weighted by Crippen LogP contribution is -2.48. The minimum atomic E-state index is -1.43. The van der Waals surface area contributed by atoms with Gasteiger partial charge in [-0.2, -0.15) is 0 Å². The highest BCUT2D eigenvalue weighted by molar-refractivity contribution is 6.34. The molecule has 11 heteroatoms. The maximum absolute atomic E-state index is 12.6. The Hall–Kier alpha value is -4.31. The Labute approximate surface area is 198 Å². The second-order valence-corrected chi connectivity index (χ2v) is 7.54. The summed E-state index contributed by atoms with van der Waals surface area (Å²) in [6, 6.07) is 10.3. The van der Waals surface area contributed by atoms with Crippen molar-refractivity contribution in [3.05, 3.63) is 88.3 Å². The van der Waals surface area contributed by atoms with Gasteiger partial charge in [0.15, 0.2) is 0 Å². The normalized spacial score (nSPS) is 11.3. The molecule has 2 aromatic carbocycles. The number of benzene rings is 2. The van der Waals surface area contributed by atoms with Gasteiger partial charge in [0, 0.05) is 18.7 Å². The van der Waals surface area contributed by atoms with Crippen molar-refractivity contribution in [2.45, 2.75) is 12.6 Å². The number of carbonyl (C=O) groups is 4. The number of halogens is 1. The molecule has 5 N–H and O–H groups in total. The third-order valence-electron chi connectivity index (χ3n) is 4.69. The van der Waals surface area contributed by atoms with E-state index in [9.17, 15) is 29.4 Å². The van der Waals surface area contributed by atoms with Gasteiger partial charge in [0.1, 0.15) is 18.1 Å². The van der Waals surface area contributed by atoms with E-state index in [4.69, 9.17) is 16.0 Å². The number of hydrogen-bond donors (Lipinski definition) is 5. The number of carbonyl (C=O) groups excluding carboxylic acids is 3.